The molecule has 20 heavy (non-hydrogen) atoms. The molecule has 1 N–H and O–H groups in total. The molecule has 100 valence electrons. The van der Waals surface area contributed by atoms with Gasteiger partial charge in [0, 0.05) is 0 Å². The molecule has 3 rings (SSSR count). The van der Waals surface area contributed by atoms with Gasteiger partial charge in [0.05, 0.1) is 11.8 Å². The summed E-state index contributed by atoms with van der Waals surface area (Å²) in [6.07, 6.45) is 8.03. The van der Waals surface area contributed by atoms with Crippen molar-refractivity contribution in [3.63, 3.8) is 0 Å². The fourth-order valence-electron chi connectivity index (χ4n) is 1.45. The number of phenolic OH excluding ortho intramolecular Hbond substituents is 1. The Morgan fingerprint density at radius 3 is 2.05 bits per heavy atom. The summed E-state index contributed by atoms with van der Waals surface area (Å²) < 4.78 is 5.03. The first-order valence-corrected chi connectivity index (χ1v) is 5.79. The minimum Gasteiger partial charge on any atom is -0.507 e. The fraction of sp³-hybridized carbons (Fsp3) is 0. The molecule has 0 radical (unpaired) electrons. The van der Waals surface area contributed by atoms with E-state index in [-0.39, 0.29) is 17.3 Å². The van der Waals surface area contributed by atoms with Crippen LogP contribution in [0, 0.1) is 0 Å². The summed E-state index contributed by atoms with van der Waals surface area (Å²) in [5.74, 6) is 0.377. The molecule has 1 aliphatic carbocycles. The summed E-state index contributed by atoms with van der Waals surface area (Å²) in [7, 11) is 0. The Kier molecular flexibility index (Phi) is 4.24. The molecule has 0 spiro atoms. The minimum absolute atomic E-state index is 0.121. The molecular formula is C15H11NO4. The number of carbonyl (C=O) groups is 2. The summed E-state index contributed by atoms with van der Waals surface area (Å²) in [5, 5.41) is 9.38. The quantitative estimate of drug-likeness (QED) is 0.803. The Morgan fingerprint density at radius 2 is 1.55 bits per heavy atom. The third-order valence-corrected chi connectivity index (χ3v) is 2.39. The lowest BCUT2D eigenvalue weighted by molar-refractivity contribution is -0.113. The van der Waals surface area contributed by atoms with Crippen molar-refractivity contribution in [3.8, 4) is 17.2 Å². The molecule has 1 heterocycles. The van der Waals surface area contributed by atoms with E-state index in [0.29, 0.717) is 11.5 Å². The topological polar surface area (TPSA) is 80.4 Å². The SMILES string of the molecule is O=C1C=CC(=O)C=C1.Oc1ccccc1-c1ncco1. The highest BCUT2D eigenvalue weighted by Crippen LogP contribution is 2.26. The summed E-state index contributed by atoms with van der Waals surface area (Å²) in [5.41, 5.74) is 0.613. The van der Waals surface area contributed by atoms with Gasteiger partial charge in [0.25, 0.3) is 0 Å². The van der Waals surface area contributed by atoms with Crippen LogP contribution < -0.4 is 0 Å². The van der Waals surface area contributed by atoms with Crippen molar-refractivity contribution in [2.45, 2.75) is 0 Å². The van der Waals surface area contributed by atoms with Gasteiger partial charge in [0.1, 0.15) is 12.0 Å². The molecule has 2 aromatic rings. The number of benzene rings is 1. The molecule has 0 amide bonds. The lowest BCUT2D eigenvalue weighted by Gasteiger charge is -1.97. The van der Waals surface area contributed by atoms with Crippen molar-refractivity contribution in [1.29, 1.82) is 0 Å². The van der Waals surface area contributed by atoms with Gasteiger partial charge in [0.15, 0.2) is 11.6 Å². The number of nitrogens with zero attached hydrogens (tertiary/aromatic N) is 1. The number of aromatic hydroxyl groups is 1. The average Bonchev–Trinajstić information content (AvgIpc) is 2.97. The molecule has 0 unspecified atom stereocenters. The van der Waals surface area contributed by atoms with Crippen LogP contribution in [0.5, 0.6) is 5.75 Å². The Hall–Kier alpha value is -2.95. The molecule has 0 atom stereocenters. The van der Waals surface area contributed by atoms with E-state index in [4.69, 9.17) is 4.42 Å². The number of ketones is 2. The van der Waals surface area contributed by atoms with E-state index in [1.165, 1.54) is 30.6 Å². The molecule has 1 aromatic heterocycles. The van der Waals surface area contributed by atoms with Crippen LogP contribution in [-0.4, -0.2) is 21.7 Å². The molecule has 5 nitrogen and oxygen atoms in total. The van der Waals surface area contributed by atoms with E-state index in [1.807, 2.05) is 6.07 Å². The molecule has 0 saturated carbocycles. The highest BCUT2D eigenvalue weighted by Gasteiger charge is 2.05. The molecule has 5 heteroatoms. The predicted octanol–water partition coefficient (Wildman–Crippen LogP) is 2.30. The second-order valence-electron chi connectivity index (χ2n) is 3.83. The Labute approximate surface area is 114 Å². The summed E-state index contributed by atoms with van der Waals surface area (Å²) in [4.78, 5) is 24.5. The van der Waals surface area contributed by atoms with E-state index in [9.17, 15) is 14.7 Å². The van der Waals surface area contributed by atoms with Gasteiger partial charge in [-0.15, -0.1) is 0 Å². The number of allylic oxidation sites excluding steroid dienone is 4. The summed E-state index contributed by atoms with van der Waals surface area (Å²) >= 11 is 0. The van der Waals surface area contributed by atoms with Gasteiger partial charge in [-0.2, -0.15) is 0 Å². The zero-order valence-corrected chi connectivity index (χ0v) is 10.4. The van der Waals surface area contributed by atoms with Gasteiger partial charge in [0.2, 0.25) is 5.89 Å². The summed E-state index contributed by atoms with van der Waals surface area (Å²) in [6, 6.07) is 6.92. The number of hydrogen-bond acceptors (Lipinski definition) is 5. The van der Waals surface area contributed by atoms with Crippen molar-refractivity contribution in [3.05, 3.63) is 61.0 Å². The van der Waals surface area contributed by atoms with E-state index in [2.05, 4.69) is 4.98 Å². The van der Waals surface area contributed by atoms with E-state index < -0.39 is 0 Å². The predicted molar refractivity (Wildman–Crippen MR) is 71.9 cm³/mol. The molecular weight excluding hydrogens is 258 g/mol. The minimum atomic E-state index is -0.121. The number of carbonyl (C=O) groups excluding carboxylic acids is 2. The monoisotopic (exact) mass is 269 g/mol. The van der Waals surface area contributed by atoms with Crippen molar-refractivity contribution in [2.75, 3.05) is 0 Å². The van der Waals surface area contributed by atoms with Crippen LogP contribution in [-0.2, 0) is 9.59 Å². The first kappa shape index (κ1) is 13.5. The Morgan fingerprint density at radius 1 is 0.950 bits per heavy atom. The molecule has 1 aromatic carbocycles. The van der Waals surface area contributed by atoms with Crippen molar-refractivity contribution < 1.29 is 19.1 Å². The van der Waals surface area contributed by atoms with Crippen molar-refractivity contribution >= 4 is 11.6 Å². The van der Waals surface area contributed by atoms with Crippen LogP contribution >= 0.6 is 0 Å². The number of phenols is 1. The van der Waals surface area contributed by atoms with Gasteiger partial charge in [-0.25, -0.2) is 4.98 Å². The second-order valence-corrected chi connectivity index (χ2v) is 3.83. The number of rotatable bonds is 1. The zero-order valence-electron chi connectivity index (χ0n) is 10.4. The third kappa shape index (κ3) is 3.52. The van der Waals surface area contributed by atoms with Crippen LogP contribution in [0.25, 0.3) is 11.5 Å². The maximum Gasteiger partial charge on any atom is 0.229 e. The van der Waals surface area contributed by atoms with Crippen LogP contribution in [0.2, 0.25) is 0 Å². The Bertz CT molecular complexity index is 631. The normalized spacial score (nSPS) is 13.0. The highest BCUT2D eigenvalue weighted by molar-refractivity contribution is 6.14. The van der Waals surface area contributed by atoms with E-state index in [0.717, 1.165) is 0 Å². The molecule has 0 aliphatic heterocycles. The second kappa shape index (κ2) is 6.29. The van der Waals surface area contributed by atoms with Crippen LogP contribution in [0.15, 0.2) is 65.4 Å². The lowest BCUT2D eigenvalue weighted by atomic mass is 10.2. The third-order valence-electron chi connectivity index (χ3n) is 2.39. The molecule has 0 saturated heterocycles. The van der Waals surface area contributed by atoms with Gasteiger partial charge < -0.3 is 9.52 Å². The van der Waals surface area contributed by atoms with Gasteiger partial charge in [-0.3, -0.25) is 9.59 Å². The largest absolute Gasteiger partial charge is 0.507 e. The van der Waals surface area contributed by atoms with Crippen molar-refractivity contribution in [2.24, 2.45) is 0 Å². The first-order valence-electron chi connectivity index (χ1n) is 5.79. The standard InChI is InChI=1S/C9H7NO2.C6H4O2/c11-8-4-2-1-3-7(8)9-10-5-6-12-9;7-5-1-2-6(8)4-3-5/h1-6,11H;1-4H. The van der Waals surface area contributed by atoms with E-state index in [1.54, 1.807) is 24.4 Å². The molecule has 1 aliphatic rings. The molecule has 0 bridgehead atoms. The summed E-state index contributed by atoms with van der Waals surface area (Å²) in [6.45, 7) is 0. The first-order chi connectivity index (χ1) is 9.66. The lowest BCUT2D eigenvalue weighted by Crippen LogP contribution is -1.97. The molecule has 0 fully saturated rings. The highest BCUT2D eigenvalue weighted by atomic mass is 16.3. The smallest absolute Gasteiger partial charge is 0.229 e. The zero-order chi connectivity index (χ0) is 14.4. The van der Waals surface area contributed by atoms with Crippen LogP contribution in [0.1, 0.15) is 0 Å². The van der Waals surface area contributed by atoms with E-state index >= 15 is 0 Å². The Balaban J connectivity index is 0.000000160. The van der Waals surface area contributed by atoms with Crippen LogP contribution in [0.3, 0.4) is 0 Å². The fourth-order valence-corrected chi connectivity index (χ4v) is 1.45. The number of oxazole rings is 1. The number of aromatic nitrogens is 1. The average molecular weight is 269 g/mol. The van der Waals surface area contributed by atoms with Crippen molar-refractivity contribution in [1.82, 2.24) is 4.98 Å². The van der Waals surface area contributed by atoms with Crippen LogP contribution in [0.4, 0.5) is 0 Å². The van der Waals surface area contributed by atoms with Gasteiger partial charge in [-0.1, -0.05) is 12.1 Å². The number of para-hydroxylation sites is 1. The van der Waals surface area contributed by atoms with Gasteiger partial charge >= 0.3 is 0 Å². The maximum absolute atomic E-state index is 10.3. The maximum atomic E-state index is 10.3. The number of hydrogen-bond donors (Lipinski definition) is 1. The van der Waals surface area contributed by atoms with Gasteiger partial charge in [-0.05, 0) is 36.4 Å².